The number of piperidine rings is 1. The van der Waals surface area contributed by atoms with Crippen LogP contribution in [-0.2, 0) is 0 Å². The zero-order valence-corrected chi connectivity index (χ0v) is 9.02. The molecule has 0 spiro atoms. The summed E-state index contributed by atoms with van der Waals surface area (Å²) in [4.78, 5) is 14.9. The van der Waals surface area contributed by atoms with Gasteiger partial charge in [-0.1, -0.05) is 6.42 Å². The van der Waals surface area contributed by atoms with Gasteiger partial charge in [0.2, 0.25) is 0 Å². The van der Waals surface area contributed by atoms with Gasteiger partial charge in [-0.05, 0) is 18.9 Å². The average Bonchev–Trinajstić information content (AvgIpc) is 2.31. The molecule has 0 bridgehead atoms. The molecular formula is C11H15N3O2. The first-order valence-corrected chi connectivity index (χ1v) is 5.46. The minimum Gasteiger partial charge on any atom is -0.478 e. The average molecular weight is 221 g/mol. The summed E-state index contributed by atoms with van der Waals surface area (Å²) in [5, 5.41) is 11.1. The summed E-state index contributed by atoms with van der Waals surface area (Å²) in [7, 11) is 0. The van der Waals surface area contributed by atoms with E-state index in [4.69, 9.17) is 5.11 Å². The zero-order valence-electron chi connectivity index (χ0n) is 9.02. The second-order valence-electron chi connectivity index (χ2n) is 3.89. The van der Waals surface area contributed by atoms with Crippen molar-refractivity contribution >= 4 is 11.7 Å². The van der Waals surface area contributed by atoms with Crippen LogP contribution in [0.2, 0.25) is 0 Å². The molecular weight excluding hydrogens is 206 g/mol. The Hall–Kier alpha value is -1.62. The van der Waals surface area contributed by atoms with Gasteiger partial charge in [0.15, 0.2) is 0 Å². The highest BCUT2D eigenvalue weighted by molar-refractivity contribution is 5.93. The first-order valence-electron chi connectivity index (χ1n) is 5.46. The van der Waals surface area contributed by atoms with E-state index in [2.05, 4.69) is 10.4 Å². The Balaban J connectivity index is 2.10. The highest BCUT2D eigenvalue weighted by atomic mass is 16.4. The van der Waals surface area contributed by atoms with Gasteiger partial charge in [-0.3, -0.25) is 4.98 Å². The third-order valence-corrected chi connectivity index (χ3v) is 2.69. The van der Waals surface area contributed by atoms with Gasteiger partial charge in [-0.25, -0.2) is 9.80 Å². The molecule has 1 aromatic heterocycles. The maximum Gasteiger partial charge on any atom is 0.337 e. The van der Waals surface area contributed by atoms with Gasteiger partial charge in [0.1, 0.15) is 0 Å². The molecule has 86 valence electrons. The largest absolute Gasteiger partial charge is 0.478 e. The van der Waals surface area contributed by atoms with Crippen molar-refractivity contribution in [1.29, 1.82) is 0 Å². The normalized spacial score (nSPS) is 17.0. The molecule has 1 saturated heterocycles. The zero-order chi connectivity index (χ0) is 11.4. The summed E-state index contributed by atoms with van der Waals surface area (Å²) < 4.78 is 0. The standard InChI is InChI=1S/C11H15N3O2/c15-11(16)9-4-5-12-8-10(9)13-14-6-2-1-3-7-14/h4-5,8,13H,1-3,6-7H2,(H,15,16). The van der Waals surface area contributed by atoms with E-state index in [1.54, 1.807) is 6.20 Å². The van der Waals surface area contributed by atoms with Crippen LogP contribution in [0, 0.1) is 0 Å². The molecule has 1 aliphatic heterocycles. The van der Waals surface area contributed by atoms with E-state index in [1.807, 2.05) is 5.01 Å². The molecule has 0 radical (unpaired) electrons. The molecule has 16 heavy (non-hydrogen) atoms. The smallest absolute Gasteiger partial charge is 0.337 e. The number of aromatic nitrogens is 1. The monoisotopic (exact) mass is 221 g/mol. The molecule has 0 aromatic carbocycles. The van der Waals surface area contributed by atoms with Crippen LogP contribution in [0.1, 0.15) is 29.6 Å². The van der Waals surface area contributed by atoms with Crippen LogP contribution in [0.15, 0.2) is 18.5 Å². The van der Waals surface area contributed by atoms with E-state index in [0.717, 1.165) is 25.9 Å². The van der Waals surface area contributed by atoms with E-state index < -0.39 is 5.97 Å². The van der Waals surface area contributed by atoms with Crippen molar-refractivity contribution in [3.8, 4) is 0 Å². The Bertz CT molecular complexity index is 375. The third kappa shape index (κ3) is 2.49. The maximum absolute atomic E-state index is 11.0. The quantitative estimate of drug-likeness (QED) is 0.811. The lowest BCUT2D eigenvalue weighted by Crippen LogP contribution is -2.35. The number of aromatic carboxylic acids is 1. The van der Waals surface area contributed by atoms with Crippen molar-refractivity contribution in [2.45, 2.75) is 19.3 Å². The SMILES string of the molecule is O=C(O)c1ccncc1NN1CCCCC1. The van der Waals surface area contributed by atoms with Crippen molar-refractivity contribution in [3.05, 3.63) is 24.0 Å². The number of carbonyl (C=O) groups is 1. The van der Waals surface area contributed by atoms with Gasteiger partial charge in [0.05, 0.1) is 17.4 Å². The Kier molecular flexibility index (Phi) is 3.36. The maximum atomic E-state index is 11.0. The molecule has 0 amide bonds. The Morgan fingerprint density at radius 2 is 2.12 bits per heavy atom. The minimum absolute atomic E-state index is 0.264. The third-order valence-electron chi connectivity index (χ3n) is 2.69. The van der Waals surface area contributed by atoms with Gasteiger partial charge >= 0.3 is 5.97 Å². The second-order valence-corrected chi connectivity index (χ2v) is 3.89. The fraction of sp³-hybridized carbons (Fsp3) is 0.455. The summed E-state index contributed by atoms with van der Waals surface area (Å²) in [6.07, 6.45) is 6.59. The second kappa shape index (κ2) is 4.94. The van der Waals surface area contributed by atoms with Crippen molar-refractivity contribution in [2.24, 2.45) is 0 Å². The predicted octanol–water partition coefficient (Wildman–Crippen LogP) is 1.59. The number of nitrogens with zero attached hydrogens (tertiary/aromatic N) is 2. The van der Waals surface area contributed by atoms with Crippen molar-refractivity contribution < 1.29 is 9.90 Å². The van der Waals surface area contributed by atoms with Crippen LogP contribution in [0.3, 0.4) is 0 Å². The number of hydrogen-bond donors (Lipinski definition) is 2. The Morgan fingerprint density at radius 3 is 2.81 bits per heavy atom. The molecule has 0 saturated carbocycles. The first kappa shape index (κ1) is 10.9. The van der Waals surface area contributed by atoms with Crippen LogP contribution in [0.4, 0.5) is 5.69 Å². The number of hydrazine groups is 1. The number of carboxylic acid groups (broad SMARTS) is 1. The highest BCUT2D eigenvalue weighted by Crippen LogP contribution is 2.16. The Morgan fingerprint density at radius 1 is 1.38 bits per heavy atom. The number of nitrogens with one attached hydrogen (secondary N) is 1. The number of anilines is 1. The summed E-state index contributed by atoms with van der Waals surface area (Å²) in [6.45, 7) is 1.90. The molecule has 0 aliphatic carbocycles. The molecule has 1 aromatic rings. The molecule has 2 N–H and O–H groups in total. The summed E-state index contributed by atoms with van der Waals surface area (Å²) >= 11 is 0. The molecule has 1 fully saturated rings. The fourth-order valence-electron chi connectivity index (χ4n) is 1.85. The van der Waals surface area contributed by atoms with Crippen LogP contribution in [0.5, 0.6) is 0 Å². The van der Waals surface area contributed by atoms with E-state index in [-0.39, 0.29) is 5.56 Å². The summed E-state index contributed by atoms with van der Waals surface area (Å²) in [5.41, 5.74) is 3.95. The van der Waals surface area contributed by atoms with Gasteiger partial charge in [0.25, 0.3) is 0 Å². The van der Waals surface area contributed by atoms with Crippen LogP contribution in [0.25, 0.3) is 0 Å². The molecule has 5 nitrogen and oxygen atoms in total. The van der Waals surface area contributed by atoms with Gasteiger partial charge in [0, 0.05) is 19.3 Å². The van der Waals surface area contributed by atoms with Crippen LogP contribution in [-0.4, -0.2) is 34.2 Å². The van der Waals surface area contributed by atoms with Crippen LogP contribution < -0.4 is 5.43 Å². The van der Waals surface area contributed by atoms with Crippen molar-refractivity contribution in [1.82, 2.24) is 9.99 Å². The number of pyridine rings is 1. The lowest BCUT2D eigenvalue weighted by molar-refractivity contribution is 0.0697. The Labute approximate surface area is 94.1 Å². The molecule has 0 unspecified atom stereocenters. The number of rotatable bonds is 3. The van der Waals surface area contributed by atoms with Gasteiger partial charge in [-0.15, -0.1) is 0 Å². The van der Waals surface area contributed by atoms with E-state index in [0.29, 0.717) is 5.69 Å². The highest BCUT2D eigenvalue weighted by Gasteiger charge is 2.14. The lowest BCUT2D eigenvalue weighted by Gasteiger charge is -2.28. The summed E-state index contributed by atoms with van der Waals surface area (Å²) in [5.74, 6) is -0.929. The topological polar surface area (TPSA) is 65.5 Å². The number of carboxylic acids is 1. The van der Waals surface area contributed by atoms with Crippen molar-refractivity contribution in [2.75, 3.05) is 18.5 Å². The van der Waals surface area contributed by atoms with Gasteiger partial charge < -0.3 is 10.5 Å². The fourth-order valence-corrected chi connectivity index (χ4v) is 1.85. The molecule has 0 atom stereocenters. The first-order chi connectivity index (χ1) is 7.77. The van der Waals surface area contributed by atoms with Crippen molar-refractivity contribution in [3.63, 3.8) is 0 Å². The lowest BCUT2D eigenvalue weighted by atomic mass is 10.2. The summed E-state index contributed by atoms with van der Waals surface area (Å²) in [6, 6.07) is 1.51. The predicted molar refractivity (Wildman–Crippen MR) is 60.2 cm³/mol. The van der Waals surface area contributed by atoms with Crippen LogP contribution >= 0.6 is 0 Å². The molecule has 2 heterocycles. The van der Waals surface area contributed by atoms with E-state index in [1.165, 1.54) is 18.7 Å². The molecule has 1 aliphatic rings. The minimum atomic E-state index is -0.929. The van der Waals surface area contributed by atoms with E-state index in [9.17, 15) is 4.79 Å². The molecule has 5 heteroatoms. The molecule has 2 rings (SSSR count). The number of hydrogen-bond acceptors (Lipinski definition) is 4. The van der Waals surface area contributed by atoms with Gasteiger partial charge in [-0.2, -0.15) is 0 Å². The van der Waals surface area contributed by atoms with E-state index >= 15 is 0 Å².